The zero-order valence-corrected chi connectivity index (χ0v) is 15.1. The Morgan fingerprint density at radius 1 is 1.44 bits per heavy atom. The number of nitrogens with one attached hydrogen (secondary N) is 1. The van der Waals surface area contributed by atoms with Crippen molar-refractivity contribution < 1.29 is 27.8 Å². The van der Waals surface area contributed by atoms with Crippen LogP contribution < -0.4 is 10.5 Å². The molecule has 0 radical (unpaired) electrons. The van der Waals surface area contributed by atoms with Crippen molar-refractivity contribution in [2.75, 3.05) is 26.4 Å². The van der Waals surface area contributed by atoms with Gasteiger partial charge in [0.25, 0.3) is 5.91 Å². The number of hydrogen-bond donors (Lipinski definition) is 3. The molecule has 0 saturated carbocycles. The highest BCUT2D eigenvalue weighted by Gasteiger charge is 2.28. The Morgan fingerprint density at radius 2 is 2.16 bits per heavy atom. The molecule has 25 heavy (non-hydrogen) atoms. The molecular weight excluding hydrogens is 348 g/mol. The molecule has 1 fully saturated rings. The highest BCUT2D eigenvalue weighted by atomic mass is 32.2. The summed E-state index contributed by atoms with van der Waals surface area (Å²) in [7, 11) is -3.93. The lowest BCUT2D eigenvalue weighted by Gasteiger charge is -2.32. The highest BCUT2D eigenvalue weighted by Crippen LogP contribution is 2.21. The standard InChI is InChI=1S/C16H24N2O6S/c1-10-7-12(8-15(11(10)2)25(17,21)22)16(20)18-13-9-23-5-3-14(13)24-6-4-19/h7-8,13-14,19H,3-6,9H2,1-2H3,(H,18,20)(H2,17,21,22)/t13-,14+/m1/s1. The Bertz CT molecular complexity index is 734. The molecule has 0 bridgehead atoms. The molecule has 0 aromatic heterocycles. The maximum absolute atomic E-state index is 12.6. The lowest BCUT2D eigenvalue weighted by Crippen LogP contribution is -2.50. The number of sulfonamides is 1. The van der Waals surface area contributed by atoms with Gasteiger partial charge < -0.3 is 19.9 Å². The molecule has 0 aliphatic carbocycles. The molecule has 9 heteroatoms. The van der Waals surface area contributed by atoms with Crippen LogP contribution in [-0.4, -0.2) is 58.0 Å². The first-order valence-electron chi connectivity index (χ1n) is 7.99. The normalized spacial score (nSPS) is 21.1. The fourth-order valence-corrected chi connectivity index (χ4v) is 3.64. The number of nitrogens with two attached hydrogens (primary N) is 1. The number of amides is 1. The first-order chi connectivity index (χ1) is 11.7. The van der Waals surface area contributed by atoms with Gasteiger partial charge in [0.1, 0.15) is 0 Å². The number of ether oxygens (including phenoxy) is 2. The van der Waals surface area contributed by atoms with Crippen molar-refractivity contribution in [3.63, 3.8) is 0 Å². The molecule has 1 aliphatic heterocycles. The van der Waals surface area contributed by atoms with Crippen molar-refractivity contribution in [1.82, 2.24) is 5.32 Å². The maximum atomic E-state index is 12.6. The van der Waals surface area contributed by atoms with E-state index in [2.05, 4.69) is 5.32 Å². The fraction of sp³-hybridized carbons (Fsp3) is 0.562. The van der Waals surface area contributed by atoms with Crippen LogP contribution in [0.4, 0.5) is 0 Å². The Kier molecular flexibility index (Phi) is 6.53. The molecule has 1 saturated heterocycles. The van der Waals surface area contributed by atoms with E-state index >= 15 is 0 Å². The summed E-state index contributed by atoms with van der Waals surface area (Å²) in [5, 5.41) is 16.9. The molecule has 1 aromatic carbocycles. The van der Waals surface area contributed by atoms with Crippen LogP contribution in [0.3, 0.4) is 0 Å². The van der Waals surface area contributed by atoms with E-state index in [9.17, 15) is 13.2 Å². The molecule has 1 amide bonds. The van der Waals surface area contributed by atoms with Crippen molar-refractivity contribution in [3.8, 4) is 0 Å². The van der Waals surface area contributed by atoms with E-state index in [1.165, 1.54) is 6.07 Å². The third kappa shape index (κ3) is 4.99. The van der Waals surface area contributed by atoms with E-state index in [1.54, 1.807) is 19.9 Å². The van der Waals surface area contributed by atoms with Gasteiger partial charge in [-0.15, -0.1) is 0 Å². The van der Waals surface area contributed by atoms with Crippen LogP contribution in [0, 0.1) is 13.8 Å². The van der Waals surface area contributed by atoms with E-state index < -0.39 is 15.9 Å². The van der Waals surface area contributed by atoms with Gasteiger partial charge in [-0.2, -0.15) is 0 Å². The Labute approximate surface area is 147 Å². The van der Waals surface area contributed by atoms with Gasteiger partial charge in [0.05, 0.1) is 36.9 Å². The highest BCUT2D eigenvalue weighted by molar-refractivity contribution is 7.89. The molecule has 1 heterocycles. The summed E-state index contributed by atoms with van der Waals surface area (Å²) in [5.41, 5.74) is 1.38. The molecule has 8 nitrogen and oxygen atoms in total. The van der Waals surface area contributed by atoms with Crippen LogP contribution in [0.25, 0.3) is 0 Å². The summed E-state index contributed by atoms with van der Waals surface area (Å²) in [5.74, 6) is -0.430. The summed E-state index contributed by atoms with van der Waals surface area (Å²) < 4.78 is 34.4. The SMILES string of the molecule is Cc1cc(C(=O)N[C@@H]2COCC[C@@H]2OCCO)cc(S(N)(=O)=O)c1C. The van der Waals surface area contributed by atoms with E-state index in [4.69, 9.17) is 19.7 Å². The Hall–Kier alpha value is -1.52. The van der Waals surface area contributed by atoms with Crippen molar-refractivity contribution in [3.05, 3.63) is 28.8 Å². The van der Waals surface area contributed by atoms with Crippen LogP contribution >= 0.6 is 0 Å². The maximum Gasteiger partial charge on any atom is 0.251 e. The van der Waals surface area contributed by atoms with Crippen molar-refractivity contribution in [1.29, 1.82) is 0 Å². The minimum Gasteiger partial charge on any atom is -0.394 e. The number of carbonyl (C=O) groups is 1. The second-order valence-corrected chi connectivity index (χ2v) is 7.57. The number of aliphatic hydroxyl groups excluding tert-OH is 1. The van der Waals surface area contributed by atoms with Crippen molar-refractivity contribution in [2.24, 2.45) is 5.14 Å². The van der Waals surface area contributed by atoms with Crippen LogP contribution in [0.1, 0.15) is 27.9 Å². The zero-order chi connectivity index (χ0) is 18.6. The van der Waals surface area contributed by atoms with Crippen LogP contribution in [0.5, 0.6) is 0 Å². The first-order valence-corrected chi connectivity index (χ1v) is 9.53. The molecule has 0 spiro atoms. The van der Waals surface area contributed by atoms with Crippen LogP contribution in [0.15, 0.2) is 17.0 Å². The van der Waals surface area contributed by atoms with E-state index in [0.29, 0.717) is 24.2 Å². The van der Waals surface area contributed by atoms with Crippen LogP contribution in [0.2, 0.25) is 0 Å². The number of aliphatic hydroxyl groups is 1. The van der Waals surface area contributed by atoms with E-state index in [0.717, 1.165) is 0 Å². The van der Waals surface area contributed by atoms with Gasteiger partial charge >= 0.3 is 0 Å². The third-order valence-electron chi connectivity index (χ3n) is 4.22. The molecule has 140 valence electrons. The number of carbonyl (C=O) groups excluding carboxylic acids is 1. The van der Waals surface area contributed by atoms with Gasteiger partial charge in [-0.05, 0) is 43.5 Å². The Balaban J connectivity index is 2.21. The molecular formula is C16H24N2O6S. The van der Waals surface area contributed by atoms with E-state index in [-0.39, 0.29) is 42.4 Å². The number of primary sulfonamides is 1. The lowest BCUT2D eigenvalue weighted by molar-refractivity contribution is -0.0612. The average Bonchev–Trinajstić information content (AvgIpc) is 2.55. The Morgan fingerprint density at radius 3 is 2.80 bits per heavy atom. The molecule has 0 unspecified atom stereocenters. The predicted molar refractivity (Wildman–Crippen MR) is 90.8 cm³/mol. The molecule has 2 atom stereocenters. The summed E-state index contributed by atoms with van der Waals surface area (Å²) in [6, 6.07) is 2.51. The van der Waals surface area contributed by atoms with Crippen LogP contribution in [-0.2, 0) is 19.5 Å². The van der Waals surface area contributed by atoms with Crippen molar-refractivity contribution in [2.45, 2.75) is 37.3 Å². The minimum atomic E-state index is -3.93. The summed E-state index contributed by atoms with van der Waals surface area (Å²) >= 11 is 0. The monoisotopic (exact) mass is 372 g/mol. The first kappa shape index (κ1) is 19.8. The quantitative estimate of drug-likeness (QED) is 0.637. The second-order valence-electron chi connectivity index (χ2n) is 6.04. The van der Waals surface area contributed by atoms with Gasteiger partial charge in [-0.3, -0.25) is 4.79 Å². The molecule has 2 rings (SSSR count). The van der Waals surface area contributed by atoms with Gasteiger partial charge in [-0.1, -0.05) is 0 Å². The number of rotatable bonds is 6. The molecule has 1 aliphatic rings. The summed E-state index contributed by atoms with van der Waals surface area (Å²) in [6.45, 7) is 4.24. The number of aryl methyl sites for hydroxylation is 1. The van der Waals surface area contributed by atoms with Gasteiger partial charge in [-0.25, -0.2) is 13.6 Å². The lowest BCUT2D eigenvalue weighted by atomic mass is 10.0. The third-order valence-corrected chi connectivity index (χ3v) is 5.26. The predicted octanol–water partition coefficient (Wildman–Crippen LogP) is -0.153. The molecule has 4 N–H and O–H groups in total. The minimum absolute atomic E-state index is 0.0642. The number of benzene rings is 1. The average molecular weight is 372 g/mol. The van der Waals surface area contributed by atoms with E-state index in [1.807, 2.05) is 0 Å². The second kappa shape index (κ2) is 8.24. The van der Waals surface area contributed by atoms with Gasteiger partial charge in [0.15, 0.2) is 0 Å². The fourth-order valence-electron chi connectivity index (χ4n) is 2.76. The van der Waals surface area contributed by atoms with Gasteiger partial charge in [0.2, 0.25) is 10.0 Å². The number of hydrogen-bond acceptors (Lipinski definition) is 6. The molecule has 1 aromatic rings. The smallest absolute Gasteiger partial charge is 0.251 e. The topological polar surface area (TPSA) is 128 Å². The largest absolute Gasteiger partial charge is 0.394 e. The zero-order valence-electron chi connectivity index (χ0n) is 14.3. The van der Waals surface area contributed by atoms with Gasteiger partial charge in [0, 0.05) is 12.2 Å². The summed E-state index contributed by atoms with van der Waals surface area (Å²) in [6.07, 6.45) is 0.328. The summed E-state index contributed by atoms with van der Waals surface area (Å²) in [4.78, 5) is 12.5. The van der Waals surface area contributed by atoms with Crippen molar-refractivity contribution >= 4 is 15.9 Å².